The number of rotatable bonds is 29. The van der Waals surface area contributed by atoms with Gasteiger partial charge in [0.1, 0.15) is 48.8 Å². The molecule has 0 aliphatic carbocycles. The summed E-state index contributed by atoms with van der Waals surface area (Å²) in [4.78, 5) is 13.0. The van der Waals surface area contributed by atoms with Crippen LogP contribution in [0.2, 0.25) is 0 Å². The van der Waals surface area contributed by atoms with Crippen LogP contribution in [0.1, 0.15) is 129 Å². The van der Waals surface area contributed by atoms with E-state index in [1.54, 1.807) is 6.08 Å². The van der Waals surface area contributed by atoms with Crippen molar-refractivity contribution in [2.24, 2.45) is 0 Å². The van der Waals surface area contributed by atoms with E-state index in [9.17, 15) is 45.6 Å². The maximum atomic E-state index is 13.0. The average Bonchev–Trinajstić information content (AvgIpc) is 3.17. The largest absolute Gasteiger partial charge is 0.394 e. The zero-order valence-corrected chi connectivity index (χ0v) is 32.7. The SMILES string of the molecule is CCCCC/C=C\CCCCCCCC(=O)NC(COC1OC(CO)C(OC2OC(CO)C(O)C(O)C2O)C(O)C1O)C(O)/C=C/CCCCCCCC. The van der Waals surface area contributed by atoms with Gasteiger partial charge in [0.15, 0.2) is 12.6 Å². The van der Waals surface area contributed by atoms with Crippen molar-refractivity contribution in [3.63, 3.8) is 0 Å². The second-order valence-corrected chi connectivity index (χ2v) is 14.8. The summed E-state index contributed by atoms with van der Waals surface area (Å²) in [6.07, 6.45) is 9.69. The minimum atomic E-state index is -1.78. The summed E-state index contributed by atoms with van der Waals surface area (Å²) in [7, 11) is 0. The molecule has 54 heavy (non-hydrogen) atoms. The van der Waals surface area contributed by atoms with Crippen LogP contribution in [0.4, 0.5) is 0 Å². The number of ether oxygens (including phenoxy) is 4. The number of aliphatic hydroxyl groups is 8. The number of carbonyl (C=O) groups excluding carboxylic acids is 1. The van der Waals surface area contributed by atoms with Crippen molar-refractivity contribution in [3.05, 3.63) is 24.3 Å². The molecule has 14 nitrogen and oxygen atoms in total. The van der Waals surface area contributed by atoms with Crippen molar-refractivity contribution in [1.82, 2.24) is 5.32 Å². The number of unbranched alkanes of at least 4 members (excludes halogenated alkanes) is 14. The van der Waals surface area contributed by atoms with Gasteiger partial charge in [-0.1, -0.05) is 102 Å². The van der Waals surface area contributed by atoms with E-state index in [-0.39, 0.29) is 18.9 Å². The Bertz CT molecular complexity index is 1010. The monoisotopic (exact) mass is 776 g/mol. The molecule has 2 rings (SSSR count). The first-order valence-electron chi connectivity index (χ1n) is 20.6. The van der Waals surface area contributed by atoms with Gasteiger partial charge in [0, 0.05) is 6.42 Å². The molecule has 9 N–H and O–H groups in total. The highest BCUT2D eigenvalue weighted by molar-refractivity contribution is 5.76. The van der Waals surface area contributed by atoms with Crippen molar-refractivity contribution in [1.29, 1.82) is 0 Å². The Hall–Kier alpha value is -1.53. The Morgan fingerprint density at radius 1 is 0.648 bits per heavy atom. The van der Waals surface area contributed by atoms with Gasteiger partial charge in [-0.15, -0.1) is 0 Å². The molecule has 12 atom stereocenters. The van der Waals surface area contributed by atoms with Crippen molar-refractivity contribution >= 4 is 5.91 Å². The quantitative estimate of drug-likeness (QED) is 0.0394. The zero-order chi connectivity index (χ0) is 39.7. The van der Waals surface area contributed by atoms with Crippen LogP contribution < -0.4 is 5.32 Å². The van der Waals surface area contributed by atoms with E-state index in [0.717, 1.165) is 64.2 Å². The first kappa shape index (κ1) is 48.6. The Morgan fingerprint density at radius 2 is 1.17 bits per heavy atom. The molecule has 0 radical (unpaired) electrons. The topological polar surface area (TPSA) is 228 Å². The summed E-state index contributed by atoms with van der Waals surface area (Å²) in [6, 6.07) is -0.911. The molecular weight excluding hydrogens is 702 g/mol. The molecule has 2 aliphatic rings. The van der Waals surface area contributed by atoms with Crippen molar-refractivity contribution < 1.29 is 64.6 Å². The van der Waals surface area contributed by atoms with Gasteiger partial charge in [-0.25, -0.2) is 0 Å². The molecule has 1 amide bonds. The van der Waals surface area contributed by atoms with Gasteiger partial charge in [0.25, 0.3) is 0 Å². The minimum absolute atomic E-state index is 0.256. The number of amides is 1. The lowest BCUT2D eigenvalue weighted by atomic mass is 9.97. The van der Waals surface area contributed by atoms with Gasteiger partial charge in [-0.05, 0) is 44.9 Å². The second kappa shape index (κ2) is 28.8. The van der Waals surface area contributed by atoms with Crippen LogP contribution in [-0.2, 0) is 23.7 Å². The maximum Gasteiger partial charge on any atom is 0.220 e. The number of hydrogen-bond acceptors (Lipinski definition) is 13. The number of aliphatic hydroxyl groups excluding tert-OH is 8. The smallest absolute Gasteiger partial charge is 0.220 e. The van der Waals surface area contributed by atoms with Crippen LogP contribution in [0, 0.1) is 0 Å². The summed E-state index contributed by atoms with van der Waals surface area (Å²) in [6.45, 7) is 2.66. The predicted molar refractivity (Wildman–Crippen MR) is 203 cm³/mol. The number of nitrogens with one attached hydrogen (secondary N) is 1. The Morgan fingerprint density at radius 3 is 1.80 bits per heavy atom. The molecule has 2 fully saturated rings. The van der Waals surface area contributed by atoms with Gasteiger partial charge in [-0.2, -0.15) is 0 Å². The molecular formula is C40H73NO13. The maximum absolute atomic E-state index is 13.0. The fourth-order valence-corrected chi connectivity index (χ4v) is 6.63. The molecule has 2 heterocycles. The van der Waals surface area contributed by atoms with Gasteiger partial charge in [0.2, 0.25) is 5.91 Å². The van der Waals surface area contributed by atoms with Gasteiger partial charge < -0.3 is 65.1 Å². The highest BCUT2D eigenvalue weighted by atomic mass is 16.7. The highest BCUT2D eigenvalue weighted by Crippen LogP contribution is 2.29. The molecule has 2 aliphatic heterocycles. The Balaban J connectivity index is 1.94. The zero-order valence-electron chi connectivity index (χ0n) is 32.7. The van der Waals surface area contributed by atoms with Crippen molar-refractivity contribution in [2.45, 2.75) is 203 Å². The van der Waals surface area contributed by atoms with Crippen LogP contribution in [-0.4, -0.2) is 140 Å². The van der Waals surface area contributed by atoms with Crippen LogP contribution in [0.5, 0.6) is 0 Å². The third-order valence-electron chi connectivity index (χ3n) is 10.1. The van der Waals surface area contributed by atoms with E-state index in [0.29, 0.717) is 6.42 Å². The summed E-state index contributed by atoms with van der Waals surface area (Å²) < 4.78 is 22.5. The molecule has 2 saturated heterocycles. The lowest BCUT2D eigenvalue weighted by Crippen LogP contribution is -2.65. The molecule has 0 aromatic rings. The standard InChI is InChI=1S/C40H73NO13/c1-3-5-7-9-11-13-14-15-16-18-20-22-24-32(45)41-28(29(44)23-21-19-17-12-10-8-6-4-2)27-51-39-37(50)35(48)38(31(26-43)53-39)54-40-36(49)34(47)33(46)30(25-42)52-40/h11,13,21,23,28-31,33-40,42-44,46-50H,3-10,12,14-20,22,24-27H2,1-2H3,(H,41,45)/b13-11-,23-21+. The van der Waals surface area contributed by atoms with Crippen LogP contribution in [0.15, 0.2) is 24.3 Å². The van der Waals surface area contributed by atoms with Crippen LogP contribution in [0.3, 0.4) is 0 Å². The van der Waals surface area contributed by atoms with E-state index in [4.69, 9.17) is 18.9 Å². The lowest BCUT2D eigenvalue weighted by Gasteiger charge is -2.46. The van der Waals surface area contributed by atoms with Gasteiger partial charge in [-0.3, -0.25) is 4.79 Å². The summed E-state index contributed by atoms with van der Waals surface area (Å²) >= 11 is 0. The van der Waals surface area contributed by atoms with Gasteiger partial charge >= 0.3 is 0 Å². The molecule has 0 aromatic carbocycles. The summed E-state index contributed by atoms with van der Waals surface area (Å²) in [5.74, 6) is -0.256. The fourth-order valence-electron chi connectivity index (χ4n) is 6.63. The number of hydrogen-bond donors (Lipinski definition) is 9. The van der Waals surface area contributed by atoms with E-state index in [2.05, 4.69) is 31.3 Å². The normalized spacial score (nSPS) is 30.3. The molecule has 0 spiro atoms. The Labute approximate surface area is 322 Å². The first-order chi connectivity index (χ1) is 26.1. The summed E-state index contributed by atoms with van der Waals surface area (Å²) in [5, 5.41) is 86.0. The average molecular weight is 776 g/mol. The van der Waals surface area contributed by atoms with Crippen LogP contribution in [0.25, 0.3) is 0 Å². The van der Waals surface area contributed by atoms with E-state index in [1.165, 1.54) is 38.5 Å². The number of carbonyl (C=O) groups is 1. The lowest BCUT2D eigenvalue weighted by molar-refractivity contribution is -0.359. The molecule has 12 unspecified atom stereocenters. The first-order valence-corrected chi connectivity index (χ1v) is 20.6. The molecule has 316 valence electrons. The third kappa shape index (κ3) is 17.7. The molecule has 0 saturated carbocycles. The molecule has 0 bridgehead atoms. The molecule has 14 heteroatoms. The fraction of sp³-hybridized carbons (Fsp3) is 0.875. The van der Waals surface area contributed by atoms with Crippen molar-refractivity contribution in [2.75, 3.05) is 19.8 Å². The minimum Gasteiger partial charge on any atom is -0.394 e. The van der Waals surface area contributed by atoms with Gasteiger partial charge in [0.05, 0.1) is 32.0 Å². The van der Waals surface area contributed by atoms with Crippen molar-refractivity contribution in [3.8, 4) is 0 Å². The number of allylic oxidation sites excluding steroid dienone is 3. The predicted octanol–water partition coefficient (Wildman–Crippen LogP) is 2.65. The highest BCUT2D eigenvalue weighted by Gasteiger charge is 2.50. The van der Waals surface area contributed by atoms with E-state index < -0.39 is 86.8 Å². The van der Waals surface area contributed by atoms with Crippen LogP contribution >= 0.6 is 0 Å². The molecule has 0 aromatic heterocycles. The third-order valence-corrected chi connectivity index (χ3v) is 10.1. The van der Waals surface area contributed by atoms with E-state index >= 15 is 0 Å². The second-order valence-electron chi connectivity index (χ2n) is 14.8. The Kier molecular flexibility index (Phi) is 25.9. The summed E-state index contributed by atoms with van der Waals surface area (Å²) in [5.41, 5.74) is 0. The van der Waals surface area contributed by atoms with E-state index in [1.807, 2.05) is 6.08 Å².